The number of aliphatic hydroxyl groups is 1. The van der Waals surface area contributed by atoms with Gasteiger partial charge in [0.15, 0.2) is 11.9 Å². The molecule has 0 aliphatic rings. The Morgan fingerprint density at radius 2 is 2.00 bits per heavy atom. The number of carbonyl (C=O) groups excluding carboxylic acids is 1. The van der Waals surface area contributed by atoms with Crippen LogP contribution in [-0.4, -0.2) is 41.4 Å². The van der Waals surface area contributed by atoms with E-state index in [1.54, 1.807) is 0 Å². The quantitative estimate of drug-likeness (QED) is 0.363. The van der Waals surface area contributed by atoms with E-state index in [1.165, 1.54) is 11.9 Å². The molecular formula is C8H18INO2S. The molecule has 0 saturated carbocycles. The number of hydrogen-bond donors (Lipinski definition) is 1. The maximum absolute atomic E-state index is 11.2. The van der Waals surface area contributed by atoms with Gasteiger partial charge in [-0.1, -0.05) is 6.92 Å². The fourth-order valence-electron chi connectivity index (χ4n) is 0.812. The van der Waals surface area contributed by atoms with Crippen LogP contribution in [0.5, 0.6) is 0 Å². The van der Waals surface area contributed by atoms with Crippen LogP contribution >= 0.6 is 11.9 Å². The number of rotatable bonds is 5. The molecule has 0 aromatic carbocycles. The first-order chi connectivity index (χ1) is 5.52. The Bertz CT molecular complexity index is 153. The number of likely N-dealkylation sites (N-methyl/N-ethyl adjacent to an activating group) is 1. The highest BCUT2D eigenvalue weighted by Crippen LogP contribution is 2.18. The van der Waals surface area contributed by atoms with Crippen molar-refractivity contribution in [2.45, 2.75) is 19.8 Å². The van der Waals surface area contributed by atoms with Gasteiger partial charge in [-0.3, -0.25) is 8.68 Å². The van der Waals surface area contributed by atoms with Gasteiger partial charge in [0.2, 0.25) is 5.12 Å². The number of nitrogens with zero attached hydrogens (tertiary/aromatic N) is 1. The molecule has 0 fully saturated rings. The van der Waals surface area contributed by atoms with Crippen molar-refractivity contribution in [3.8, 4) is 0 Å². The molecular weight excluding hydrogens is 301 g/mol. The fraction of sp³-hybridized carbons (Fsp3) is 0.875. The Morgan fingerprint density at radius 1 is 1.46 bits per heavy atom. The second-order valence-corrected chi connectivity index (χ2v) is 4.86. The van der Waals surface area contributed by atoms with E-state index >= 15 is 0 Å². The Kier molecular flexibility index (Phi) is 9.94. The summed E-state index contributed by atoms with van der Waals surface area (Å²) in [4.78, 5) is 11.2. The van der Waals surface area contributed by atoms with Crippen molar-refractivity contribution in [2.24, 2.45) is 0 Å². The third kappa shape index (κ3) is 8.99. The van der Waals surface area contributed by atoms with Crippen molar-refractivity contribution < 1.29 is 37.8 Å². The average molecular weight is 319 g/mol. The molecule has 0 atom stereocenters. The van der Waals surface area contributed by atoms with E-state index in [1.807, 2.05) is 21.0 Å². The van der Waals surface area contributed by atoms with Crippen LogP contribution in [0.2, 0.25) is 0 Å². The van der Waals surface area contributed by atoms with E-state index in [0.29, 0.717) is 16.9 Å². The molecule has 0 radical (unpaired) electrons. The van der Waals surface area contributed by atoms with E-state index in [4.69, 9.17) is 5.11 Å². The van der Waals surface area contributed by atoms with Gasteiger partial charge in [0.25, 0.3) is 0 Å². The highest BCUT2D eigenvalue weighted by molar-refractivity contribution is 8.08. The van der Waals surface area contributed by atoms with Crippen molar-refractivity contribution in [3.05, 3.63) is 0 Å². The molecule has 0 unspecified atom stereocenters. The summed E-state index contributed by atoms with van der Waals surface area (Å²) in [5.41, 5.74) is 0. The maximum Gasteiger partial charge on any atom is 0.246 e. The molecule has 0 rings (SSSR count). The van der Waals surface area contributed by atoms with Crippen LogP contribution < -0.4 is 24.0 Å². The fourth-order valence-corrected chi connectivity index (χ4v) is 1.83. The van der Waals surface area contributed by atoms with Gasteiger partial charge in [-0.2, -0.15) is 0 Å². The van der Waals surface area contributed by atoms with Gasteiger partial charge in [-0.15, -0.1) is 0 Å². The second kappa shape index (κ2) is 8.02. The molecule has 0 aliphatic carbocycles. The summed E-state index contributed by atoms with van der Waals surface area (Å²) in [6.07, 6.45) is 1.52. The summed E-state index contributed by atoms with van der Waals surface area (Å²) in [5, 5.41) is 8.91. The van der Waals surface area contributed by atoms with Gasteiger partial charge in [0, 0.05) is 6.42 Å². The smallest absolute Gasteiger partial charge is 0.246 e. The molecule has 13 heavy (non-hydrogen) atoms. The van der Waals surface area contributed by atoms with Crippen LogP contribution in [0, 0.1) is 0 Å². The largest absolute Gasteiger partial charge is 1.00 e. The first-order valence-corrected chi connectivity index (χ1v) is 4.95. The zero-order valence-electron chi connectivity index (χ0n) is 8.42. The number of carbonyl (C=O) groups is 1. The van der Waals surface area contributed by atoms with Crippen LogP contribution in [-0.2, 0) is 4.79 Å². The summed E-state index contributed by atoms with van der Waals surface area (Å²) < 4.78 is 0.509. The Labute approximate surface area is 102 Å². The molecule has 0 aromatic heterocycles. The molecule has 1 N–H and O–H groups in total. The number of quaternary nitrogens is 1. The van der Waals surface area contributed by atoms with Crippen LogP contribution in [0.15, 0.2) is 0 Å². The number of aliphatic hydroxyl groups excluding tert-OH is 1. The molecule has 80 valence electrons. The lowest BCUT2D eigenvalue weighted by atomic mass is 10.4. The van der Waals surface area contributed by atoms with Gasteiger partial charge in [0.05, 0.1) is 20.7 Å². The summed E-state index contributed by atoms with van der Waals surface area (Å²) in [6.45, 7) is 2.73. The SMILES string of the molecule is CCCC(=O)S[N+](C)(C)CCO.[I-]. The highest BCUT2D eigenvalue weighted by Gasteiger charge is 2.21. The van der Waals surface area contributed by atoms with Crippen LogP contribution in [0.25, 0.3) is 0 Å². The molecule has 0 saturated heterocycles. The van der Waals surface area contributed by atoms with E-state index in [0.717, 1.165) is 6.42 Å². The Hall–Kier alpha value is 0.670. The number of hydrogen-bond acceptors (Lipinski definition) is 3. The van der Waals surface area contributed by atoms with Gasteiger partial charge in [-0.05, 0) is 6.42 Å². The third-order valence-corrected chi connectivity index (χ3v) is 2.53. The van der Waals surface area contributed by atoms with E-state index in [-0.39, 0.29) is 35.7 Å². The Balaban J connectivity index is 0. The summed E-state index contributed by atoms with van der Waals surface area (Å²) in [5.74, 6) is 0. The minimum atomic E-state index is 0. The summed E-state index contributed by atoms with van der Waals surface area (Å²) in [6, 6.07) is 0. The zero-order chi connectivity index (χ0) is 9.61. The van der Waals surface area contributed by atoms with Crippen molar-refractivity contribution in [2.75, 3.05) is 27.2 Å². The third-order valence-electron chi connectivity index (χ3n) is 1.44. The molecule has 3 nitrogen and oxygen atoms in total. The van der Waals surface area contributed by atoms with Gasteiger partial charge in [-0.25, -0.2) is 0 Å². The first kappa shape index (κ1) is 16.1. The zero-order valence-corrected chi connectivity index (χ0v) is 11.4. The predicted molar refractivity (Wildman–Crippen MR) is 51.6 cm³/mol. The van der Waals surface area contributed by atoms with E-state index < -0.39 is 0 Å². The lowest BCUT2D eigenvalue weighted by Crippen LogP contribution is -3.00. The van der Waals surface area contributed by atoms with E-state index in [9.17, 15) is 4.79 Å². The number of halogens is 1. The molecule has 0 amide bonds. The molecule has 5 heteroatoms. The van der Waals surface area contributed by atoms with Gasteiger partial charge >= 0.3 is 0 Å². The highest BCUT2D eigenvalue weighted by atomic mass is 127. The molecule has 0 bridgehead atoms. The lowest BCUT2D eigenvalue weighted by Gasteiger charge is -2.24. The second-order valence-electron chi connectivity index (χ2n) is 3.23. The predicted octanol–water partition coefficient (Wildman–Crippen LogP) is -1.97. The monoisotopic (exact) mass is 319 g/mol. The lowest BCUT2D eigenvalue weighted by molar-refractivity contribution is -0.750. The molecule has 0 aliphatic heterocycles. The van der Waals surface area contributed by atoms with Crippen LogP contribution in [0.1, 0.15) is 19.8 Å². The minimum Gasteiger partial charge on any atom is -1.00 e. The average Bonchev–Trinajstić information content (AvgIpc) is 1.85. The molecule has 0 heterocycles. The standard InChI is InChI=1S/C8H18NO2S.HI/c1-4-5-8(11)12-9(2,3)6-7-10;/h10H,4-7H2,1-3H3;1H/q+1;/p-1. The summed E-state index contributed by atoms with van der Waals surface area (Å²) >= 11 is 1.29. The van der Waals surface area contributed by atoms with Crippen molar-refractivity contribution in [3.63, 3.8) is 0 Å². The van der Waals surface area contributed by atoms with E-state index in [2.05, 4.69) is 0 Å². The van der Waals surface area contributed by atoms with Gasteiger partial charge < -0.3 is 29.1 Å². The topological polar surface area (TPSA) is 37.3 Å². The van der Waals surface area contributed by atoms with Crippen molar-refractivity contribution in [1.29, 1.82) is 0 Å². The minimum absolute atomic E-state index is 0. The van der Waals surface area contributed by atoms with Crippen molar-refractivity contribution in [1.82, 2.24) is 0 Å². The van der Waals surface area contributed by atoms with Crippen LogP contribution in [0.3, 0.4) is 0 Å². The maximum atomic E-state index is 11.2. The molecule has 0 aromatic rings. The normalized spacial score (nSPS) is 10.8. The summed E-state index contributed by atoms with van der Waals surface area (Å²) in [7, 11) is 3.85. The van der Waals surface area contributed by atoms with Crippen LogP contribution in [0.4, 0.5) is 0 Å². The Morgan fingerprint density at radius 3 is 2.38 bits per heavy atom. The van der Waals surface area contributed by atoms with Crippen molar-refractivity contribution >= 4 is 17.1 Å². The molecule has 0 spiro atoms. The van der Waals surface area contributed by atoms with Gasteiger partial charge in [0.1, 0.15) is 6.54 Å². The first-order valence-electron chi connectivity index (χ1n) is 4.18.